The number of benzene rings is 1. The largest absolute Gasteiger partial charge is 0.469 e. The van der Waals surface area contributed by atoms with E-state index in [9.17, 15) is 4.79 Å². The Hall–Kier alpha value is -1.88. The van der Waals surface area contributed by atoms with E-state index < -0.39 is 0 Å². The fraction of sp³-hybridized carbons (Fsp3) is 0.375. The molecule has 1 aromatic heterocycles. The molecular formula is C16H20N2O2S. The van der Waals surface area contributed by atoms with E-state index in [2.05, 4.69) is 53.2 Å². The highest BCUT2D eigenvalue weighted by Gasteiger charge is 2.06. The molecule has 0 fully saturated rings. The number of ether oxygens (including phenoxy) is 1. The summed E-state index contributed by atoms with van der Waals surface area (Å²) in [6.45, 7) is 4.35. The number of carbonyl (C=O) groups is 1. The van der Waals surface area contributed by atoms with Gasteiger partial charge in [-0.25, -0.2) is 4.98 Å². The molecule has 0 aliphatic heterocycles. The summed E-state index contributed by atoms with van der Waals surface area (Å²) < 4.78 is 4.63. The molecule has 21 heavy (non-hydrogen) atoms. The molecule has 0 amide bonds. The van der Waals surface area contributed by atoms with Crippen LogP contribution in [0.4, 0.5) is 10.8 Å². The predicted octanol–water partition coefficient (Wildman–Crippen LogP) is 4.12. The number of aromatic nitrogens is 1. The molecule has 112 valence electrons. The molecule has 0 bridgehead atoms. The number of aryl methyl sites for hydroxylation is 1. The molecule has 4 nitrogen and oxygen atoms in total. The molecule has 0 aliphatic rings. The highest BCUT2D eigenvalue weighted by molar-refractivity contribution is 7.13. The maximum Gasteiger partial charge on any atom is 0.305 e. The van der Waals surface area contributed by atoms with E-state index >= 15 is 0 Å². The molecule has 0 aliphatic carbocycles. The highest BCUT2D eigenvalue weighted by atomic mass is 32.1. The van der Waals surface area contributed by atoms with Gasteiger partial charge in [-0.3, -0.25) is 4.79 Å². The van der Waals surface area contributed by atoms with Crippen molar-refractivity contribution in [3.8, 4) is 0 Å². The van der Waals surface area contributed by atoms with Gasteiger partial charge < -0.3 is 10.1 Å². The third-order valence-electron chi connectivity index (χ3n) is 3.19. The number of rotatable bonds is 6. The van der Waals surface area contributed by atoms with E-state index in [0.717, 1.165) is 16.5 Å². The minimum absolute atomic E-state index is 0.207. The summed E-state index contributed by atoms with van der Waals surface area (Å²) in [5.74, 6) is 0.325. The van der Waals surface area contributed by atoms with Crippen LogP contribution >= 0.6 is 11.3 Å². The molecule has 0 saturated heterocycles. The zero-order chi connectivity index (χ0) is 15.2. The minimum Gasteiger partial charge on any atom is -0.469 e. The molecule has 0 saturated carbocycles. The third-order valence-corrected chi connectivity index (χ3v) is 4.00. The first-order chi connectivity index (χ1) is 10.1. The molecule has 0 spiro atoms. The monoisotopic (exact) mass is 304 g/mol. The standard InChI is InChI=1S/C16H20N2O2S/c1-11(2)12-4-6-13(7-5-12)17-16-18-14(10-21-16)8-9-15(19)20-3/h4-7,10-11H,8-9H2,1-3H3,(H,17,18). The van der Waals surface area contributed by atoms with E-state index in [4.69, 9.17) is 0 Å². The fourth-order valence-corrected chi connectivity index (χ4v) is 2.65. The lowest BCUT2D eigenvalue weighted by atomic mass is 10.0. The van der Waals surface area contributed by atoms with Crippen molar-refractivity contribution < 1.29 is 9.53 Å². The van der Waals surface area contributed by atoms with Crippen molar-refractivity contribution in [1.82, 2.24) is 4.98 Å². The normalized spacial score (nSPS) is 10.7. The van der Waals surface area contributed by atoms with Gasteiger partial charge in [-0.1, -0.05) is 26.0 Å². The second-order valence-electron chi connectivity index (χ2n) is 5.12. The lowest BCUT2D eigenvalue weighted by molar-refractivity contribution is -0.140. The van der Waals surface area contributed by atoms with Gasteiger partial charge in [0, 0.05) is 17.5 Å². The van der Waals surface area contributed by atoms with E-state index in [1.807, 2.05) is 5.38 Å². The topological polar surface area (TPSA) is 51.2 Å². The first-order valence-electron chi connectivity index (χ1n) is 6.96. The Kier molecular flexibility index (Phi) is 5.33. The highest BCUT2D eigenvalue weighted by Crippen LogP contribution is 2.23. The smallest absolute Gasteiger partial charge is 0.305 e. The first kappa shape index (κ1) is 15.5. The summed E-state index contributed by atoms with van der Waals surface area (Å²) in [6, 6.07) is 8.37. The molecule has 2 aromatic rings. The van der Waals surface area contributed by atoms with E-state index in [1.165, 1.54) is 24.0 Å². The Morgan fingerprint density at radius 1 is 1.33 bits per heavy atom. The van der Waals surface area contributed by atoms with Gasteiger partial charge in [0.15, 0.2) is 5.13 Å². The van der Waals surface area contributed by atoms with Crippen molar-refractivity contribution >= 4 is 28.1 Å². The SMILES string of the molecule is COC(=O)CCc1csc(Nc2ccc(C(C)C)cc2)n1. The van der Waals surface area contributed by atoms with Crippen molar-refractivity contribution in [2.75, 3.05) is 12.4 Å². The van der Waals surface area contributed by atoms with Gasteiger partial charge in [0.2, 0.25) is 0 Å². The first-order valence-corrected chi connectivity index (χ1v) is 7.84. The third kappa shape index (κ3) is 4.56. The van der Waals surface area contributed by atoms with Crippen LogP contribution < -0.4 is 5.32 Å². The molecular weight excluding hydrogens is 284 g/mol. The summed E-state index contributed by atoms with van der Waals surface area (Å²) in [4.78, 5) is 15.6. The van der Waals surface area contributed by atoms with Crippen LogP contribution in [0.1, 0.15) is 37.4 Å². The number of nitrogens with zero attached hydrogens (tertiary/aromatic N) is 1. The molecule has 1 N–H and O–H groups in total. The number of methoxy groups -OCH3 is 1. The number of thiazole rings is 1. The van der Waals surface area contributed by atoms with Crippen LogP contribution in [0.25, 0.3) is 0 Å². The van der Waals surface area contributed by atoms with Gasteiger partial charge in [0.05, 0.1) is 19.2 Å². The van der Waals surface area contributed by atoms with Gasteiger partial charge >= 0.3 is 5.97 Å². The van der Waals surface area contributed by atoms with Gasteiger partial charge in [0.25, 0.3) is 0 Å². The van der Waals surface area contributed by atoms with E-state index in [0.29, 0.717) is 18.8 Å². The Labute approximate surface area is 129 Å². The van der Waals surface area contributed by atoms with Crippen molar-refractivity contribution in [3.63, 3.8) is 0 Å². The number of nitrogens with one attached hydrogen (secondary N) is 1. The Morgan fingerprint density at radius 3 is 2.67 bits per heavy atom. The lowest BCUT2D eigenvalue weighted by Gasteiger charge is -2.07. The van der Waals surface area contributed by atoms with Crippen LogP contribution in [-0.4, -0.2) is 18.1 Å². The zero-order valence-electron chi connectivity index (χ0n) is 12.6. The average molecular weight is 304 g/mol. The number of hydrogen-bond acceptors (Lipinski definition) is 5. The minimum atomic E-state index is -0.207. The van der Waals surface area contributed by atoms with Crippen LogP contribution in [0.3, 0.4) is 0 Å². The van der Waals surface area contributed by atoms with Gasteiger partial charge in [-0.2, -0.15) is 0 Å². The zero-order valence-corrected chi connectivity index (χ0v) is 13.4. The molecule has 2 rings (SSSR count). The molecule has 1 aromatic carbocycles. The molecule has 1 heterocycles. The Bertz CT molecular complexity index is 591. The predicted molar refractivity (Wildman–Crippen MR) is 86.3 cm³/mol. The maximum atomic E-state index is 11.1. The van der Waals surface area contributed by atoms with Gasteiger partial charge in [-0.15, -0.1) is 11.3 Å². The van der Waals surface area contributed by atoms with Crippen molar-refractivity contribution in [1.29, 1.82) is 0 Å². The average Bonchev–Trinajstić information content (AvgIpc) is 2.93. The summed E-state index contributed by atoms with van der Waals surface area (Å²) in [6.07, 6.45) is 0.972. The van der Waals surface area contributed by atoms with Crippen LogP contribution in [0.2, 0.25) is 0 Å². The van der Waals surface area contributed by atoms with Crippen LogP contribution in [-0.2, 0) is 16.0 Å². The number of carbonyl (C=O) groups excluding carboxylic acids is 1. The van der Waals surface area contributed by atoms with Crippen LogP contribution in [0.15, 0.2) is 29.6 Å². The quantitative estimate of drug-likeness (QED) is 0.816. The van der Waals surface area contributed by atoms with Crippen molar-refractivity contribution in [2.24, 2.45) is 0 Å². The van der Waals surface area contributed by atoms with Crippen LogP contribution in [0.5, 0.6) is 0 Å². The molecule has 5 heteroatoms. The number of hydrogen-bond donors (Lipinski definition) is 1. The second-order valence-corrected chi connectivity index (χ2v) is 5.98. The van der Waals surface area contributed by atoms with E-state index in [-0.39, 0.29) is 5.97 Å². The van der Waals surface area contributed by atoms with E-state index in [1.54, 1.807) is 0 Å². The number of anilines is 2. The van der Waals surface area contributed by atoms with Crippen molar-refractivity contribution in [2.45, 2.75) is 32.6 Å². The molecule has 0 atom stereocenters. The fourth-order valence-electron chi connectivity index (χ4n) is 1.89. The lowest BCUT2D eigenvalue weighted by Crippen LogP contribution is -2.02. The maximum absolute atomic E-state index is 11.1. The Balaban J connectivity index is 1.94. The molecule has 0 unspecified atom stereocenters. The summed E-state index contributed by atoms with van der Waals surface area (Å²) >= 11 is 1.54. The number of esters is 1. The second kappa shape index (κ2) is 7.22. The van der Waals surface area contributed by atoms with Gasteiger partial charge in [-0.05, 0) is 23.6 Å². The Morgan fingerprint density at radius 2 is 2.05 bits per heavy atom. The molecule has 0 radical (unpaired) electrons. The van der Waals surface area contributed by atoms with Gasteiger partial charge in [0.1, 0.15) is 0 Å². The summed E-state index contributed by atoms with van der Waals surface area (Å²) in [5.41, 5.74) is 3.25. The van der Waals surface area contributed by atoms with Crippen molar-refractivity contribution in [3.05, 3.63) is 40.9 Å². The summed E-state index contributed by atoms with van der Waals surface area (Å²) in [7, 11) is 1.40. The van der Waals surface area contributed by atoms with Crippen LogP contribution in [0, 0.1) is 0 Å². The summed E-state index contributed by atoms with van der Waals surface area (Å²) in [5, 5.41) is 6.09.